The predicted molar refractivity (Wildman–Crippen MR) is 128 cm³/mol. The Balaban J connectivity index is 1.42. The van der Waals surface area contributed by atoms with Crippen LogP contribution < -0.4 is 10.3 Å². The average molecular weight is 445 g/mol. The molecule has 1 aliphatic rings. The number of hydrogen-bond donors (Lipinski definition) is 1. The standard InChI is InChI=1S/C27H25FN2O3/c1-18-25(19-5-3-2-4-6-19)26(32)22-11-12-24(31)23(27(22)33-18)17-29-13-15-30(16-14-29)21-9-7-20(28)8-10-21/h2-12,31H,13-17H2,1H3. The zero-order valence-corrected chi connectivity index (χ0v) is 18.4. The molecule has 168 valence electrons. The molecule has 4 aromatic rings. The van der Waals surface area contributed by atoms with E-state index in [1.807, 2.05) is 30.3 Å². The Morgan fingerprint density at radius 1 is 0.939 bits per heavy atom. The van der Waals surface area contributed by atoms with Gasteiger partial charge in [-0.3, -0.25) is 9.69 Å². The van der Waals surface area contributed by atoms with Crippen LogP contribution in [0.15, 0.2) is 75.9 Å². The summed E-state index contributed by atoms with van der Waals surface area (Å²) in [7, 11) is 0. The minimum atomic E-state index is -0.240. The van der Waals surface area contributed by atoms with Crippen molar-refractivity contribution in [2.45, 2.75) is 13.5 Å². The Hall–Kier alpha value is -3.64. The lowest BCUT2D eigenvalue weighted by molar-refractivity contribution is 0.246. The Kier molecular flexibility index (Phi) is 5.60. The summed E-state index contributed by atoms with van der Waals surface area (Å²) in [4.78, 5) is 17.8. The predicted octanol–water partition coefficient (Wildman–Crippen LogP) is 4.94. The number of nitrogens with zero attached hydrogens (tertiary/aromatic N) is 2. The van der Waals surface area contributed by atoms with Crippen molar-refractivity contribution in [1.29, 1.82) is 0 Å². The molecule has 0 bridgehead atoms. The van der Waals surface area contributed by atoms with Crippen LogP contribution in [0.4, 0.5) is 10.1 Å². The van der Waals surface area contributed by atoms with E-state index in [9.17, 15) is 14.3 Å². The summed E-state index contributed by atoms with van der Waals surface area (Å²) in [5.74, 6) is 0.418. The molecule has 2 heterocycles. The molecule has 1 fully saturated rings. The second-order valence-corrected chi connectivity index (χ2v) is 8.41. The molecule has 0 aliphatic carbocycles. The van der Waals surface area contributed by atoms with Crippen molar-refractivity contribution in [3.8, 4) is 16.9 Å². The highest BCUT2D eigenvalue weighted by Crippen LogP contribution is 2.31. The quantitative estimate of drug-likeness (QED) is 0.483. The molecule has 0 radical (unpaired) electrons. The molecule has 5 rings (SSSR count). The smallest absolute Gasteiger partial charge is 0.200 e. The van der Waals surface area contributed by atoms with E-state index in [0.29, 0.717) is 34.4 Å². The lowest BCUT2D eigenvalue weighted by Crippen LogP contribution is -2.46. The van der Waals surface area contributed by atoms with Gasteiger partial charge in [-0.1, -0.05) is 30.3 Å². The minimum Gasteiger partial charge on any atom is -0.507 e. The number of anilines is 1. The maximum absolute atomic E-state index is 13.3. The van der Waals surface area contributed by atoms with Gasteiger partial charge >= 0.3 is 0 Å². The van der Waals surface area contributed by atoms with Gasteiger partial charge in [0, 0.05) is 38.4 Å². The molecule has 0 atom stereocenters. The van der Waals surface area contributed by atoms with Crippen molar-refractivity contribution in [3.05, 3.63) is 94.1 Å². The van der Waals surface area contributed by atoms with E-state index in [1.54, 1.807) is 31.2 Å². The van der Waals surface area contributed by atoms with Crippen molar-refractivity contribution in [2.24, 2.45) is 0 Å². The van der Waals surface area contributed by atoms with Gasteiger partial charge in [-0.05, 0) is 48.9 Å². The summed E-state index contributed by atoms with van der Waals surface area (Å²) in [6.07, 6.45) is 0. The Bertz CT molecular complexity index is 1340. The maximum Gasteiger partial charge on any atom is 0.200 e. The molecular weight excluding hydrogens is 419 g/mol. The Morgan fingerprint density at radius 3 is 2.33 bits per heavy atom. The molecule has 6 heteroatoms. The second-order valence-electron chi connectivity index (χ2n) is 8.41. The summed E-state index contributed by atoms with van der Waals surface area (Å²) in [6, 6.07) is 19.2. The lowest BCUT2D eigenvalue weighted by atomic mass is 10.0. The largest absolute Gasteiger partial charge is 0.507 e. The van der Waals surface area contributed by atoms with Crippen molar-refractivity contribution < 1.29 is 13.9 Å². The van der Waals surface area contributed by atoms with Crippen LogP contribution in [0.2, 0.25) is 0 Å². The summed E-state index contributed by atoms with van der Waals surface area (Å²) in [5.41, 5.74) is 3.34. The summed E-state index contributed by atoms with van der Waals surface area (Å²) >= 11 is 0. The first kappa shape index (κ1) is 21.2. The zero-order chi connectivity index (χ0) is 22.9. The molecule has 1 saturated heterocycles. The van der Waals surface area contributed by atoms with Crippen molar-refractivity contribution in [1.82, 2.24) is 4.90 Å². The highest BCUT2D eigenvalue weighted by molar-refractivity contribution is 5.86. The maximum atomic E-state index is 13.3. The van der Waals surface area contributed by atoms with Gasteiger partial charge in [0.25, 0.3) is 0 Å². The molecule has 33 heavy (non-hydrogen) atoms. The van der Waals surface area contributed by atoms with Crippen LogP contribution in [0.1, 0.15) is 11.3 Å². The van der Waals surface area contributed by atoms with Crippen LogP contribution in [0, 0.1) is 12.7 Å². The molecular formula is C27H25FN2O3. The number of phenolic OH excluding ortho intramolecular Hbond substituents is 1. The Labute approximate surface area is 191 Å². The zero-order valence-electron chi connectivity index (χ0n) is 18.4. The third-order valence-corrected chi connectivity index (χ3v) is 6.32. The SMILES string of the molecule is Cc1oc2c(CN3CCN(c4ccc(F)cc4)CC3)c(O)ccc2c(=O)c1-c1ccccc1. The molecule has 0 spiro atoms. The highest BCUT2D eigenvalue weighted by atomic mass is 19.1. The lowest BCUT2D eigenvalue weighted by Gasteiger charge is -2.36. The number of aryl methyl sites for hydroxylation is 1. The van der Waals surface area contributed by atoms with Crippen LogP contribution in [-0.2, 0) is 6.54 Å². The number of rotatable bonds is 4. The molecule has 1 aliphatic heterocycles. The van der Waals surface area contributed by atoms with Gasteiger partial charge in [0.2, 0.25) is 5.43 Å². The van der Waals surface area contributed by atoms with E-state index >= 15 is 0 Å². The molecule has 3 aromatic carbocycles. The number of phenols is 1. The summed E-state index contributed by atoms with van der Waals surface area (Å²) in [6.45, 7) is 5.40. The molecule has 1 aromatic heterocycles. The number of piperazine rings is 1. The van der Waals surface area contributed by atoms with Crippen molar-refractivity contribution in [2.75, 3.05) is 31.1 Å². The van der Waals surface area contributed by atoms with Crippen LogP contribution in [0.25, 0.3) is 22.1 Å². The second kappa shape index (κ2) is 8.71. The fraction of sp³-hybridized carbons (Fsp3) is 0.222. The van der Waals surface area contributed by atoms with Gasteiger partial charge in [0.15, 0.2) is 0 Å². The van der Waals surface area contributed by atoms with Crippen LogP contribution in [0.5, 0.6) is 5.75 Å². The van der Waals surface area contributed by atoms with Gasteiger partial charge in [0.1, 0.15) is 22.9 Å². The molecule has 1 N–H and O–H groups in total. The fourth-order valence-corrected chi connectivity index (χ4v) is 4.54. The number of benzene rings is 3. The average Bonchev–Trinajstić information content (AvgIpc) is 2.83. The third kappa shape index (κ3) is 4.10. The molecule has 0 amide bonds. The first-order chi connectivity index (χ1) is 16.0. The van der Waals surface area contributed by atoms with Crippen molar-refractivity contribution >= 4 is 16.7 Å². The number of aromatic hydroxyl groups is 1. The van der Waals surface area contributed by atoms with E-state index in [2.05, 4.69) is 9.80 Å². The topological polar surface area (TPSA) is 56.9 Å². The van der Waals surface area contributed by atoms with Gasteiger partial charge in [-0.25, -0.2) is 4.39 Å². The summed E-state index contributed by atoms with van der Waals surface area (Å²) < 4.78 is 19.4. The first-order valence-corrected chi connectivity index (χ1v) is 11.1. The highest BCUT2D eigenvalue weighted by Gasteiger charge is 2.22. The number of hydrogen-bond acceptors (Lipinski definition) is 5. The number of halogens is 1. The Morgan fingerprint density at radius 2 is 1.64 bits per heavy atom. The van der Waals surface area contributed by atoms with Gasteiger partial charge < -0.3 is 14.4 Å². The monoisotopic (exact) mass is 444 g/mol. The van der Waals surface area contributed by atoms with E-state index in [1.165, 1.54) is 12.1 Å². The number of fused-ring (bicyclic) bond motifs is 1. The van der Waals surface area contributed by atoms with Crippen LogP contribution in [-0.4, -0.2) is 36.2 Å². The van der Waals surface area contributed by atoms with E-state index in [-0.39, 0.29) is 17.0 Å². The minimum absolute atomic E-state index is 0.0951. The van der Waals surface area contributed by atoms with Crippen LogP contribution in [0.3, 0.4) is 0 Å². The van der Waals surface area contributed by atoms with Gasteiger partial charge in [-0.2, -0.15) is 0 Å². The molecule has 5 nitrogen and oxygen atoms in total. The normalized spacial score (nSPS) is 14.7. The summed E-state index contributed by atoms with van der Waals surface area (Å²) in [5, 5.41) is 11.1. The first-order valence-electron chi connectivity index (χ1n) is 11.1. The molecule has 0 unspecified atom stereocenters. The van der Waals surface area contributed by atoms with Gasteiger partial charge in [0.05, 0.1) is 16.5 Å². The van der Waals surface area contributed by atoms with Gasteiger partial charge in [-0.15, -0.1) is 0 Å². The van der Waals surface area contributed by atoms with Crippen LogP contribution >= 0.6 is 0 Å². The van der Waals surface area contributed by atoms with E-state index in [0.717, 1.165) is 37.4 Å². The fourth-order valence-electron chi connectivity index (χ4n) is 4.54. The van der Waals surface area contributed by atoms with Crippen molar-refractivity contribution in [3.63, 3.8) is 0 Å². The molecule has 0 saturated carbocycles. The third-order valence-electron chi connectivity index (χ3n) is 6.32. The van der Waals surface area contributed by atoms with E-state index < -0.39 is 0 Å². The van der Waals surface area contributed by atoms with E-state index in [4.69, 9.17) is 4.42 Å².